The van der Waals surface area contributed by atoms with Crippen molar-refractivity contribution in [2.24, 2.45) is 5.41 Å². The molecule has 0 amide bonds. The smallest absolute Gasteiger partial charge is 0.179 e. The Morgan fingerprint density at radius 2 is 1.96 bits per heavy atom. The summed E-state index contributed by atoms with van der Waals surface area (Å²) in [6.45, 7) is 3.96. The molecular formula is C22H28FNO3S. The van der Waals surface area contributed by atoms with E-state index in [0.29, 0.717) is 29.7 Å². The second-order valence-electron chi connectivity index (χ2n) is 7.85. The quantitative estimate of drug-likeness (QED) is 0.575. The average Bonchev–Trinajstić information content (AvgIpc) is 2.71. The number of halogens is 1. The normalized spacial score (nSPS) is 26.4. The Morgan fingerprint density at radius 3 is 2.61 bits per heavy atom. The van der Waals surface area contributed by atoms with Crippen molar-refractivity contribution in [3.63, 3.8) is 0 Å². The highest BCUT2D eigenvalue weighted by Gasteiger charge is 2.48. The van der Waals surface area contributed by atoms with Gasteiger partial charge in [0.15, 0.2) is 9.84 Å². The van der Waals surface area contributed by atoms with Gasteiger partial charge in [0.2, 0.25) is 0 Å². The third kappa shape index (κ3) is 3.67. The molecule has 0 saturated heterocycles. The molecule has 0 aliphatic carbocycles. The monoisotopic (exact) mass is 405 g/mol. The Kier molecular flexibility index (Phi) is 5.82. The summed E-state index contributed by atoms with van der Waals surface area (Å²) in [6.07, 6.45) is 1.86. The zero-order chi connectivity index (χ0) is 20.5. The predicted molar refractivity (Wildman–Crippen MR) is 109 cm³/mol. The molecule has 4 nitrogen and oxygen atoms in total. The second-order valence-corrected chi connectivity index (χ2v) is 9.81. The van der Waals surface area contributed by atoms with E-state index in [0.717, 1.165) is 12.8 Å². The molecular weight excluding hydrogens is 377 g/mol. The fourth-order valence-electron chi connectivity index (χ4n) is 4.46. The van der Waals surface area contributed by atoms with Crippen molar-refractivity contribution < 1.29 is 17.9 Å². The van der Waals surface area contributed by atoms with Crippen molar-refractivity contribution in [3.05, 3.63) is 59.4 Å². The van der Waals surface area contributed by atoms with Crippen molar-refractivity contribution in [2.75, 3.05) is 11.5 Å². The molecule has 0 fully saturated rings. The average molecular weight is 406 g/mol. The van der Waals surface area contributed by atoms with Gasteiger partial charge in [-0.15, -0.1) is 0 Å². The SMILES string of the molecule is CCCC[C@@]1(CC)CS(=O)(=O)c2ccc(F)cc2[C@H](c2cccc(N)c2)[C@@H]1O. The summed E-state index contributed by atoms with van der Waals surface area (Å²) in [4.78, 5) is 0.104. The highest BCUT2D eigenvalue weighted by molar-refractivity contribution is 7.91. The number of hydrogen-bond acceptors (Lipinski definition) is 4. The fraction of sp³-hybridized carbons (Fsp3) is 0.455. The Morgan fingerprint density at radius 1 is 1.21 bits per heavy atom. The number of unbranched alkanes of at least 4 members (excludes halogenated alkanes) is 1. The maximum absolute atomic E-state index is 14.2. The van der Waals surface area contributed by atoms with E-state index in [2.05, 4.69) is 0 Å². The van der Waals surface area contributed by atoms with Gasteiger partial charge in [-0.1, -0.05) is 38.8 Å². The predicted octanol–water partition coefficient (Wildman–Crippen LogP) is 4.27. The van der Waals surface area contributed by atoms with Crippen LogP contribution in [-0.4, -0.2) is 25.4 Å². The van der Waals surface area contributed by atoms with Crippen LogP contribution in [0.15, 0.2) is 47.4 Å². The first kappa shape index (κ1) is 20.8. The number of hydrogen-bond donors (Lipinski definition) is 2. The summed E-state index contributed by atoms with van der Waals surface area (Å²) in [5.41, 5.74) is 6.68. The second kappa shape index (κ2) is 7.84. The van der Waals surface area contributed by atoms with Crippen molar-refractivity contribution in [2.45, 2.75) is 56.4 Å². The number of benzene rings is 2. The molecule has 2 aromatic rings. The molecule has 3 rings (SSSR count). The molecule has 0 unspecified atom stereocenters. The van der Waals surface area contributed by atoms with E-state index in [-0.39, 0.29) is 10.6 Å². The molecule has 2 aromatic carbocycles. The van der Waals surface area contributed by atoms with Gasteiger partial charge < -0.3 is 10.8 Å². The van der Waals surface area contributed by atoms with Gasteiger partial charge >= 0.3 is 0 Å². The summed E-state index contributed by atoms with van der Waals surface area (Å²) in [5.74, 6) is -1.33. The number of rotatable bonds is 5. The topological polar surface area (TPSA) is 80.4 Å². The van der Waals surface area contributed by atoms with Crippen LogP contribution in [0.25, 0.3) is 0 Å². The molecule has 0 radical (unpaired) electrons. The standard InChI is InChI=1S/C22H28FNO3S/c1-3-5-11-22(4-2)14-28(26,27)19-10-9-16(23)13-18(19)20(21(22)25)15-7-6-8-17(24)12-15/h6-10,12-13,20-21,25H,3-5,11,14,24H2,1-2H3/t20-,21-,22-/m0/s1. The maximum Gasteiger partial charge on any atom is 0.179 e. The molecule has 0 spiro atoms. The lowest BCUT2D eigenvalue weighted by Crippen LogP contribution is -2.42. The molecule has 6 heteroatoms. The number of aliphatic hydroxyl groups is 1. The largest absolute Gasteiger partial charge is 0.399 e. The van der Waals surface area contributed by atoms with Crippen LogP contribution in [0, 0.1) is 11.2 Å². The van der Waals surface area contributed by atoms with Gasteiger partial charge in [-0.25, -0.2) is 12.8 Å². The summed E-state index contributed by atoms with van der Waals surface area (Å²) >= 11 is 0. The Labute approximate surface area is 166 Å². The van der Waals surface area contributed by atoms with Crippen LogP contribution in [0.3, 0.4) is 0 Å². The van der Waals surface area contributed by atoms with Gasteiger partial charge in [0.25, 0.3) is 0 Å². The molecule has 1 heterocycles. The Balaban J connectivity index is 2.30. The summed E-state index contributed by atoms with van der Waals surface area (Å²) in [5, 5.41) is 11.6. The van der Waals surface area contributed by atoms with E-state index in [1.165, 1.54) is 18.2 Å². The van der Waals surface area contributed by atoms with E-state index in [1.807, 2.05) is 19.9 Å². The molecule has 3 atom stereocenters. The lowest BCUT2D eigenvalue weighted by Gasteiger charge is -2.39. The summed E-state index contributed by atoms with van der Waals surface area (Å²) in [6, 6.07) is 10.8. The molecule has 28 heavy (non-hydrogen) atoms. The fourth-order valence-corrected chi connectivity index (χ4v) is 6.71. The van der Waals surface area contributed by atoms with Gasteiger partial charge in [0.1, 0.15) is 5.82 Å². The molecule has 0 bridgehead atoms. The van der Waals surface area contributed by atoms with Gasteiger partial charge in [-0.05, 0) is 54.3 Å². The van der Waals surface area contributed by atoms with Crippen molar-refractivity contribution in [1.29, 1.82) is 0 Å². The first-order chi connectivity index (χ1) is 13.2. The zero-order valence-corrected chi connectivity index (χ0v) is 17.2. The summed E-state index contributed by atoms with van der Waals surface area (Å²) < 4.78 is 40.7. The first-order valence-corrected chi connectivity index (χ1v) is 11.4. The highest BCUT2D eigenvalue weighted by atomic mass is 32.2. The maximum atomic E-state index is 14.2. The minimum Gasteiger partial charge on any atom is -0.399 e. The molecule has 152 valence electrons. The van der Waals surface area contributed by atoms with Crippen LogP contribution in [0.4, 0.5) is 10.1 Å². The Bertz CT molecular complexity index is 960. The van der Waals surface area contributed by atoms with Gasteiger partial charge in [0.05, 0.1) is 16.8 Å². The number of nitrogen functional groups attached to an aromatic ring is 1. The number of sulfone groups is 1. The van der Waals surface area contributed by atoms with E-state index in [4.69, 9.17) is 5.73 Å². The van der Waals surface area contributed by atoms with E-state index >= 15 is 0 Å². The van der Waals surface area contributed by atoms with Crippen molar-refractivity contribution >= 4 is 15.5 Å². The van der Waals surface area contributed by atoms with Crippen LogP contribution >= 0.6 is 0 Å². The van der Waals surface area contributed by atoms with Crippen LogP contribution in [-0.2, 0) is 9.84 Å². The lowest BCUT2D eigenvalue weighted by molar-refractivity contribution is 0.0174. The number of anilines is 1. The lowest BCUT2D eigenvalue weighted by atomic mass is 9.69. The number of fused-ring (bicyclic) bond motifs is 1. The molecule has 0 aromatic heterocycles. The molecule has 1 aliphatic rings. The highest BCUT2D eigenvalue weighted by Crippen LogP contribution is 2.48. The molecule has 0 saturated carbocycles. The van der Waals surface area contributed by atoms with Crippen molar-refractivity contribution in [3.8, 4) is 0 Å². The van der Waals surface area contributed by atoms with Crippen LogP contribution < -0.4 is 5.73 Å². The number of nitrogens with two attached hydrogens (primary N) is 1. The van der Waals surface area contributed by atoms with Crippen molar-refractivity contribution in [1.82, 2.24) is 0 Å². The minimum absolute atomic E-state index is 0.104. The minimum atomic E-state index is -3.69. The van der Waals surface area contributed by atoms with Crippen LogP contribution in [0.5, 0.6) is 0 Å². The van der Waals surface area contributed by atoms with Gasteiger partial charge in [-0.3, -0.25) is 0 Å². The van der Waals surface area contributed by atoms with E-state index < -0.39 is 33.1 Å². The van der Waals surface area contributed by atoms with Crippen LogP contribution in [0.2, 0.25) is 0 Å². The van der Waals surface area contributed by atoms with Crippen LogP contribution in [0.1, 0.15) is 56.6 Å². The summed E-state index contributed by atoms with van der Waals surface area (Å²) in [7, 11) is -3.69. The third-order valence-corrected chi connectivity index (χ3v) is 8.06. The third-order valence-electron chi connectivity index (χ3n) is 6.06. The van der Waals surface area contributed by atoms with Gasteiger partial charge in [-0.2, -0.15) is 0 Å². The zero-order valence-electron chi connectivity index (χ0n) is 16.4. The Hall–Kier alpha value is -1.92. The molecule has 3 N–H and O–H groups in total. The van der Waals surface area contributed by atoms with E-state index in [9.17, 15) is 17.9 Å². The first-order valence-electron chi connectivity index (χ1n) is 9.80. The van der Waals surface area contributed by atoms with Gasteiger partial charge in [0, 0.05) is 17.0 Å². The number of aliphatic hydroxyl groups excluding tert-OH is 1. The van der Waals surface area contributed by atoms with E-state index in [1.54, 1.807) is 18.2 Å². The molecule has 1 aliphatic heterocycles.